The largest absolute Gasteiger partial charge is 0.316 e. The van der Waals surface area contributed by atoms with Crippen molar-refractivity contribution in [2.75, 3.05) is 0 Å². The van der Waals surface area contributed by atoms with E-state index in [1.54, 1.807) is 0 Å². The van der Waals surface area contributed by atoms with E-state index in [2.05, 4.69) is 20.8 Å². The summed E-state index contributed by atoms with van der Waals surface area (Å²) in [7, 11) is 0. The molecule has 0 aromatic rings. The van der Waals surface area contributed by atoms with Gasteiger partial charge in [0, 0.05) is 0 Å². The molecule has 0 aliphatic rings. The van der Waals surface area contributed by atoms with Crippen molar-refractivity contribution >= 4 is 23.1 Å². The third-order valence-corrected chi connectivity index (χ3v) is 1.30. The van der Waals surface area contributed by atoms with Crippen molar-refractivity contribution in [1.82, 2.24) is 0 Å². The second-order valence-corrected chi connectivity index (χ2v) is 2.60. The number of hydrogen-bond donors (Lipinski definition) is 0. The molecular formula is C8H19Mg. The minimum Gasteiger partial charge on any atom is -0.0654 e. The fraction of sp³-hybridized carbons (Fsp3) is 0.875. The molecular weight excluding hydrogens is 120 g/mol. The molecule has 1 radical (unpaired) electrons. The van der Waals surface area contributed by atoms with Gasteiger partial charge in [0.15, 0.2) is 0 Å². The lowest BCUT2D eigenvalue weighted by molar-refractivity contribution is 0.573. The molecule has 1 heteroatoms. The van der Waals surface area contributed by atoms with E-state index in [1.165, 1.54) is 25.7 Å². The summed E-state index contributed by atoms with van der Waals surface area (Å²) in [4.78, 5) is 0. The van der Waals surface area contributed by atoms with E-state index >= 15 is 0 Å². The molecule has 0 fully saturated rings. The Morgan fingerprint density at radius 1 is 1.33 bits per heavy atom. The fourth-order valence-corrected chi connectivity index (χ4v) is 0.743. The maximum Gasteiger partial charge on any atom is 0.316 e. The Morgan fingerprint density at radius 3 is 2.22 bits per heavy atom. The summed E-state index contributed by atoms with van der Waals surface area (Å²) in [6, 6.07) is 0. The molecule has 0 aliphatic heterocycles. The van der Waals surface area contributed by atoms with Crippen LogP contribution in [0.5, 0.6) is 0 Å². The molecule has 0 saturated carbocycles. The van der Waals surface area contributed by atoms with E-state index in [0.717, 1.165) is 0 Å². The summed E-state index contributed by atoms with van der Waals surface area (Å²) in [5.41, 5.74) is 0. The van der Waals surface area contributed by atoms with Gasteiger partial charge in [-0.25, -0.2) is 0 Å². The summed E-state index contributed by atoms with van der Waals surface area (Å²) < 4.78 is 0. The molecule has 0 saturated heterocycles. The maximum absolute atomic E-state index is 3.91. The highest BCUT2D eigenvalue weighted by atomic mass is 24.3. The summed E-state index contributed by atoms with van der Waals surface area (Å²) >= 11 is 0. The first kappa shape index (κ1) is 12.4. The van der Waals surface area contributed by atoms with Crippen LogP contribution in [0.1, 0.15) is 39.5 Å². The molecule has 0 aliphatic carbocycles. The van der Waals surface area contributed by atoms with Gasteiger partial charge in [0.1, 0.15) is 0 Å². The van der Waals surface area contributed by atoms with E-state index in [-0.39, 0.29) is 23.1 Å². The van der Waals surface area contributed by atoms with Gasteiger partial charge in [-0.05, 0) is 5.92 Å². The first-order valence-electron chi connectivity index (χ1n) is 3.60. The fourth-order valence-electron chi connectivity index (χ4n) is 0.743. The first-order valence-corrected chi connectivity index (χ1v) is 3.60. The van der Waals surface area contributed by atoms with Crippen LogP contribution >= 0.6 is 0 Å². The highest BCUT2D eigenvalue weighted by molar-refractivity contribution is 5.75. The van der Waals surface area contributed by atoms with Gasteiger partial charge in [0.2, 0.25) is 0 Å². The minimum atomic E-state index is 0. The molecule has 0 heterocycles. The Hall–Kier alpha value is 0.766. The van der Waals surface area contributed by atoms with Crippen molar-refractivity contribution in [3.8, 4) is 0 Å². The SMILES string of the molecule is [CH2]C(C)CCCCC.[MgH2]. The summed E-state index contributed by atoms with van der Waals surface area (Å²) in [6.07, 6.45) is 5.36. The van der Waals surface area contributed by atoms with Crippen molar-refractivity contribution in [2.45, 2.75) is 39.5 Å². The normalized spacial score (nSPS) is 9.33. The molecule has 0 rings (SSSR count). The van der Waals surface area contributed by atoms with Gasteiger partial charge < -0.3 is 0 Å². The zero-order valence-corrected chi connectivity index (χ0v) is 6.11. The van der Waals surface area contributed by atoms with Crippen LogP contribution < -0.4 is 0 Å². The first-order chi connectivity index (χ1) is 3.77. The topological polar surface area (TPSA) is 0 Å². The van der Waals surface area contributed by atoms with E-state index < -0.39 is 0 Å². The lowest BCUT2D eigenvalue weighted by Gasteiger charge is -2.00. The zero-order chi connectivity index (χ0) is 6.41. The highest BCUT2D eigenvalue weighted by Crippen LogP contribution is 2.06. The van der Waals surface area contributed by atoms with Crippen molar-refractivity contribution in [3.05, 3.63) is 6.92 Å². The van der Waals surface area contributed by atoms with Gasteiger partial charge in [-0.3, -0.25) is 0 Å². The molecule has 0 aromatic carbocycles. The Balaban J connectivity index is 0. The molecule has 0 aromatic heterocycles. The monoisotopic (exact) mass is 139 g/mol. The van der Waals surface area contributed by atoms with Crippen LogP contribution in [0, 0.1) is 12.8 Å². The van der Waals surface area contributed by atoms with E-state index in [0.29, 0.717) is 5.92 Å². The van der Waals surface area contributed by atoms with Crippen LogP contribution in [0.2, 0.25) is 0 Å². The Kier molecular flexibility index (Phi) is 12.1. The number of unbranched alkanes of at least 4 members (excludes halogenated alkanes) is 2. The van der Waals surface area contributed by atoms with Gasteiger partial charge in [-0.15, -0.1) is 0 Å². The van der Waals surface area contributed by atoms with Crippen molar-refractivity contribution in [2.24, 2.45) is 5.92 Å². The zero-order valence-electron chi connectivity index (χ0n) is 6.11. The number of rotatable bonds is 4. The Bertz CT molecular complexity index is 41.8. The van der Waals surface area contributed by atoms with Gasteiger partial charge in [0.05, 0.1) is 0 Å². The van der Waals surface area contributed by atoms with Crippen molar-refractivity contribution in [3.63, 3.8) is 0 Å². The van der Waals surface area contributed by atoms with Crippen LogP contribution in [0.25, 0.3) is 0 Å². The molecule has 0 spiro atoms. The summed E-state index contributed by atoms with van der Waals surface area (Å²) in [5, 5.41) is 0. The molecule has 0 amide bonds. The van der Waals surface area contributed by atoms with Crippen LogP contribution in [0.3, 0.4) is 0 Å². The van der Waals surface area contributed by atoms with E-state index in [1.807, 2.05) is 0 Å². The van der Waals surface area contributed by atoms with Gasteiger partial charge in [0.25, 0.3) is 0 Å². The van der Waals surface area contributed by atoms with Gasteiger partial charge in [-0.2, -0.15) is 0 Å². The molecule has 53 valence electrons. The van der Waals surface area contributed by atoms with Crippen molar-refractivity contribution < 1.29 is 0 Å². The van der Waals surface area contributed by atoms with Crippen LogP contribution in [0.15, 0.2) is 0 Å². The quantitative estimate of drug-likeness (QED) is 0.414. The Morgan fingerprint density at radius 2 is 1.89 bits per heavy atom. The maximum atomic E-state index is 3.91. The lowest BCUT2D eigenvalue weighted by atomic mass is 10.1. The molecule has 0 bridgehead atoms. The molecule has 0 N–H and O–H groups in total. The minimum absolute atomic E-state index is 0. The predicted molar refractivity (Wildman–Crippen MR) is 47.2 cm³/mol. The number of hydrogen-bond acceptors (Lipinski definition) is 0. The van der Waals surface area contributed by atoms with Crippen molar-refractivity contribution in [1.29, 1.82) is 0 Å². The molecule has 1 atom stereocenters. The lowest BCUT2D eigenvalue weighted by Crippen LogP contribution is -1.85. The van der Waals surface area contributed by atoms with Gasteiger partial charge in [-0.1, -0.05) is 46.5 Å². The highest BCUT2D eigenvalue weighted by Gasteiger charge is 1.90. The molecule has 0 nitrogen and oxygen atoms in total. The summed E-state index contributed by atoms with van der Waals surface area (Å²) in [6.45, 7) is 8.32. The second-order valence-electron chi connectivity index (χ2n) is 2.60. The van der Waals surface area contributed by atoms with Crippen LogP contribution in [-0.4, -0.2) is 23.1 Å². The molecule has 9 heavy (non-hydrogen) atoms. The average molecular weight is 140 g/mol. The standard InChI is InChI=1S/C8H17.Mg.2H/c1-4-5-6-7-8(2)3;;;/h8H,2,4-7H2,1,3H3;;;. The second kappa shape index (κ2) is 8.77. The van der Waals surface area contributed by atoms with E-state index in [4.69, 9.17) is 0 Å². The van der Waals surface area contributed by atoms with Crippen LogP contribution in [0.4, 0.5) is 0 Å². The summed E-state index contributed by atoms with van der Waals surface area (Å²) in [5.74, 6) is 0.654. The Labute approximate surface area is 75.6 Å². The van der Waals surface area contributed by atoms with Crippen LogP contribution in [-0.2, 0) is 0 Å². The van der Waals surface area contributed by atoms with E-state index in [9.17, 15) is 0 Å². The molecule has 1 unspecified atom stereocenters. The third kappa shape index (κ3) is 12.1. The smallest absolute Gasteiger partial charge is 0.0654 e. The average Bonchev–Trinajstić information content (AvgIpc) is 1.66. The predicted octanol–water partition coefficient (Wildman–Crippen LogP) is 2.12. The third-order valence-electron chi connectivity index (χ3n) is 1.30. The van der Waals surface area contributed by atoms with Gasteiger partial charge >= 0.3 is 23.1 Å².